The van der Waals surface area contributed by atoms with E-state index in [-0.39, 0.29) is 24.9 Å². The van der Waals surface area contributed by atoms with Crippen LogP contribution >= 0.6 is 0 Å². The Balaban J connectivity index is 1.56. The monoisotopic (exact) mass is 456 g/mol. The number of rotatable bonds is 5. The quantitative estimate of drug-likeness (QED) is 0.478. The number of anilines is 1. The van der Waals surface area contributed by atoms with Crippen molar-refractivity contribution in [3.05, 3.63) is 114 Å². The molecule has 0 radical (unpaired) electrons. The molecule has 0 fully saturated rings. The van der Waals surface area contributed by atoms with Crippen LogP contribution in [0.25, 0.3) is 0 Å². The largest absolute Gasteiger partial charge is 0.467 e. The van der Waals surface area contributed by atoms with Gasteiger partial charge in [-0.05, 0) is 48.0 Å². The third-order valence-electron chi connectivity index (χ3n) is 5.46. The van der Waals surface area contributed by atoms with E-state index < -0.39 is 10.8 Å². The molecule has 0 spiro atoms. The Hall–Kier alpha value is -3.97. The lowest BCUT2D eigenvalue weighted by Gasteiger charge is -2.23. The Morgan fingerprint density at radius 2 is 1.70 bits per heavy atom. The third-order valence-corrected chi connectivity index (χ3v) is 6.96. The van der Waals surface area contributed by atoms with E-state index in [1.165, 1.54) is 0 Å². The first-order chi connectivity index (χ1) is 16.1. The van der Waals surface area contributed by atoms with Crippen LogP contribution in [0.4, 0.5) is 5.69 Å². The molecule has 5 rings (SSSR count). The summed E-state index contributed by atoms with van der Waals surface area (Å²) in [5.74, 6) is 0.0686. The van der Waals surface area contributed by atoms with Crippen molar-refractivity contribution in [2.75, 3.05) is 4.90 Å². The number of fused-ring (bicyclic) bond motifs is 2. The molecule has 0 saturated heterocycles. The molecule has 7 heteroatoms. The first-order valence-corrected chi connectivity index (χ1v) is 11.6. The molecular formula is C26H20N2O4S. The van der Waals surface area contributed by atoms with Gasteiger partial charge in [-0.15, -0.1) is 0 Å². The average Bonchev–Trinajstić information content (AvgIpc) is 3.36. The molecule has 1 N–H and O–H groups in total. The number of nitrogens with zero attached hydrogens (tertiary/aromatic N) is 1. The lowest BCUT2D eigenvalue weighted by Crippen LogP contribution is -2.31. The lowest BCUT2D eigenvalue weighted by molar-refractivity contribution is 0.0945. The van der Waals surface area contributed by atoms with E-state index in [1.54, 1.807) is 65.8 Å². The minimum Gasteiger partial charge on any atom is -0.467 e. The minimum absolute atomic E-state index is 0.243. The van der Waals surface area contributed by atoms with Crippen LogP contribution in [-0.2, 0) is 23.9 Å². The summed E-state index contributed by atoms with van der Waals surface area (Å²) in [6.45, 7) is 0.530. The highest BCUT2D eigenvalue weighted by molar-refractivity contribution is 7.85. The smallest absolute Gasteiger partial charge is 0.259 e. The van der Waals surface area contributed by atoms with Crippen molar-refractivity contribution in [3.8, 4) is 0 Å². The third kappa shape index (κ3) is 4.10. The van der Waals surface area contributed by atoms with Gasteiger partial charge in [-0.25, -0.2) is 4.21 Å². The van der Waals surface area contributed by atoms with Crippen molar-refractivity contribution < 1.29 is 18.2 Å². The second-order valence-corrected chi connectivity index (χ2v) is 9.00. The summed E-state index contributed by atoms with van der Waals surface area (Å²) in [5.41, 5.74) is 2.15. The highest BCUT2D eigenvalue weighted by Gasteiger charge is 2.31. The number of carbonyl (C=O) groups excluding carboxylic acids is 2. The van der Waals surface area contributed by atoms with Gasteiger partial charge in [0.25, 0.3) is 11.8 Å². The molecule has 164 valence electrons. The van der Waals surface area contributed by atoms with E-state index >= 15 is 0 Å². The van der Waals surface area contributed by atoms with E-state index in [1.807, 2.05) is 30.3 Å². The zero-order valence-corrected chi connectivity index (χ0v) is 18.4. The molecule has 1 aromatic heterocycles. The summed E-state index contributed by atoms with van der Waals surface area (Å²) in [6, 6.07) is 25.0. The Bertz CT molecular complexity index is 1350. The van der Waals surface area contributed by atoms with Gasteiger partial charge in [0.15, 0.2) is 0 Å². The number of furan rings is 1. The van der Waals surface area contributed by atoms with Crippen molar-refractivity contribution in [3.63, 3.8) is 0 Å². The van der Waals surface area contributed by atoms with Gasteiger partial charge in [0.05, 0.1) is 51.2 Å². The molecule has 2 heterocycles. The first kappa shape index (κ1) is 20.9. The van der Waals surface area contributed by atoms with E-state index in [0.717, 1.165) is 5.56 Å². The van der Waals surface area contributed by atoms with E-state index in [2.05, 4.69) is 5.32 Å². The van der Waals surface area contributed by atoms with Crippen molar-refractivity contribution in [1.82, 2.24) is 5.32 Å². The fraction of sp³-hybridized carbons (Fsp3) is 0.0769. The molecule has 2 amide bonds. The normalized spacial score (nSPS) is 14.8. The minimum atomic E-state index is -1.57. The molecule has 0 bridgehead atoms. The van der Waals surface area contributed by atoms with Gasteiger partial charge >= 0.3 is 0 Å². The van der Waals surface area contributed by atoms with Crippen LogP contribution in [0.2, 0.25) is 0 Å². The zero-order chi connectivity index (χ0) is 22.8. The molecule has 4 aromatic rings. The van der Waals surface area contributed by atoms with Gasteiger partial charge in [0.1, 0.15) is 5.76 Å². The standard InChI is InChI=1S/C26H20N2O4S/c29-25(27-16-20-9-6-14-32-20)19-12-13-24-22(15-19)28(17-18-7-2-1-3-8-18)26(30)21-10-4-5-11-23(21)33(24)31/h1-15H,16-17H2,(H,27,29)/t33-/m1/s1. The fourth-order valence-electron chi connectivity index (χ4n) is 3.81. The molecule has 1 aliphatic heterocycles. The number of hydrogen-bond acceptors (Lipinski definition) is 4. The first-order valence-electron chi connectivity index (χ1n) is 10.4. The Kier molecular flexibility index (Phi) is 5.62. The number of carbonyl (C=O) groups is 2. The SMILES string of the molecule is O=C(NCc1ccco1)c1ccc2c(c1)N(Cc1ccccc1)C(=O)c1ccccc1[S@]2=O. The number of amides is 2. The molecule has 0 aliphatic carbocycles. The van der Waals surface area contributed by atoms with Gasteiger partial charge in [-0.1, -0.05) is 42.5 Å². The average molecular weight is 457 g/mol. The second kappa shape index (κ2) is 8.88. The van der Waals surface area contributed by atoms with Crippen LogP contribution in [0, 0.1) is 0 Å². The van der Waals surface area contributed by atoms with Gasteiger partial charge < -0.3 is 14.6 Å². The van der Waals surface area contributed by atoms with Crippen LogP contribution < -0.4 is 10.2 Å². The van der Waals surface area contributed by atoms with E-state index in [9.17, 15) is 13.8 Å². The van der Waals surface area contributed by atoms with Gasteiger partial charge in [0.2, 0.25) is 0 Å². The lowest BCUT2D eigenvalue weighted by atomic mass is 10.1. The number of benzene rings is 3. The maximum Gasteiger partial charge on any atom is 0.259 e. The molecule has 0 saturated carbocycles. The Labute approximate surface area is 193 Å². The molecular weight excluding hydrogens is 436 g/mol. The predicted molar refractivity (Wildman–Crippen MR) is 124 cm³/mol. The fourth-order valence-corrected chi connectivity index (χ4v) is 5.16. The van der Waals surface area contributed by atoms with Gasteiger partial charge in [0, 0.05) is 5.56 Å². The van der Waals surface area contributed by atoms with Crippen molar-refractivity contribution in [2.24, 2.45) is 0 Å². The number of hydrogen-bond donors (Lipinski definition) is 1. The topological polar surface area (TPSA) is 79.6 Å². The summed E-state index contributed by atoms with van der Waals surface area (Å²) in [7, 11) is -1.57. The Morgan fingerprint density at radius 1 is 0.909 bits per heavy atom. The zero-order valence-electron chi connectivity index (χ0n) is 17.6. The second-order valence-electron chi connectivity index (χ2n) is 7.59. The van der Waals surface area contributed by atoms with Crippen LogP contribution in [-0.4, -0.2) is 16.0 Å². The van der Waals surface area contributed by atoms with E-state index in [0.29, 0.717) is 32.4 Å². The number of nitrogens with one attached hydrogen (secondary N) is 1. The van der Waals surface area contributed by atoms with Crippen molar-refractivity contribution in [1.29, 1.82) is 0 Å². The van der Waals surface area contributed by atoms with E-state index in [4.69, 9.17) is 4.42 Å². The van der Waals surface area contributed by atoms with Crippen LogP contribution in [0.15, 0.2) is 105 Å². The maximum atomic E-state index is 13.6. The Morgan fingerprint density at radius 3 is 2.48 bits per heavy atom. The van der Waals surface area contributed by atoms with Crippen LogP contribution in [0.1, 0.15) is 32.0 Å². The van der Waals surface area contributed by atoms with Crippen LogP contribution in [0.5, 0.6) is 0 Å². The summed E-state index contributed by atoms with van der Waals surface area (Å²) in [6.07, 6.45) is 1.55. The summed E-state index contributed by atoms with van der Waals surface area (Å²) < 4.78 is 18.7. The van der Waals surface area contributed by atoms with Crippen LogP contribution in [0.3, 0.4) is 0 Å². The molecule has 1 aliphatic rings. The molecule has 0 unspecified atom stereocenters. The highest BCUT2D eigenvalue weighted by Crippen LogP contribution is 2.36. The summed E-state index contributed by atoms with van der Waals surface area (Å²) >= 11 is 0. The predicted octanol–water partition coefficient (Wildman–Crippen LogP) is 4.54. The van der Waals surface area contributed by atoms with Gasteiger partial charge in [-0.3, -0.25) is 9.59 Å². The summed E-state index contributed by atoms with van der Waals surface area (Å²) in [5, 5.41) is 2.82. The molecule has 1 atom stereocenters. The van der Waals surface area contributed by atoms with Gasteiger partial charge in [-0.2, -0.15) is 0 Å². The molecule has 33 heavy (non-hydrogen) atoms. The molecule has 3 aromatic carbocycles. The summed E-state index contributed by atoms with van der Waals surface area (Å²) in [4.78, 5) is 29.0. The molecule has 6 nitrogen and oxygen atoms in total. The maximum absolute atomic E-state index is 13.6. The van der Waals surface area contributed by atoms with Crippen molar-refractivity contribution >= 4 is 28.3 Å². The van der Waals surface area contributed by atoms with Crippen molar-refractivity contribution in [2.45, 2.75) is 22.9 Å². The highest BCUT2D eigenvalue weighted by atomic mass is 32.2.